The Morgan fingerprint density at radius 1 is 0.625 bits per heavy atom. The Balaban J connectivity index is 1.61. The number of hydrogen-bond acceptors (Lipinski definition) is 2. The van der Waals surface area contributed by atoms with E-state index in [4.69, 9.17) is 9.97 Å². The summed E-state index contributed by atoms with van der Waals surface area (Å²) in [5.41, 5.74) is 11.0. The molecule has 4 aromatic rings. The molecule has 8 bridgehead atoms. The highest BCUT2D eigenvalue weighted by Crippen LogP contribution is 2.29. The number of nitrogens with one attached hydrogen (secondary N) is 2. The molecule has 0 aliphatic carbocycles. The molecule has 3 aromatic heterocycles. The van der Waals surface area contributed by atoms with Gasteiger partial charge >= 0.3 is 0 Å². The smallest absolute Gasteiger partial charge is 0.0737 e. The van der Waals surface area contributed by atoms with Crippen molar-refractivity contribution < 1.29 is 0 Å². The fourth-order valence-electron chi connectivity index (χ4n) is 4.04. The summed E-state index contributed by atoms with van der Waals surface area (Å²) in [6.07, 6.45) is 8.04. The summed E-state index contributed by atoms with van der Waals surface area (Å²) in [4.78, 5) is 16.6. The second-order valence-corrected chi connectivity index (χ2v) is 7.92. The normalized spacial score (nSPS) is 12.6. The molecule has 152 valence electrons. The van der Waals surface area contributed by atoms with Crippen LogP contribution in [-0.2, 0) is 0 Å². The zero-order valence-corrected chi connectivity index (χ0v) is 17.3. The van der Waals surface area contributed by atoms with Crippen molar-refractivity contribution in [3.05, 3.63) is 113 Å². The molecule has 0 saturated carbocycles. The summed E-state index contributed by atoms with van der Waals surface area (Å²) in [6, 6.07) is 24.9. The second-order valence-electron chi connectivity index (χ2n) is 7.92. The van der Waals surface area contributed by atoms with Gasteiger partial charge in [-0.1, -0.05) is 36.9 Å². The Morgan fingerprint density at radius 2 is 1.22 bits per heavy atom. The van der Waals surface area contributed by atoms with Crippen LogP contribution in [0.4, 0.5) is 0 Å². The lowest BCUT2D eigenvalue weighted by atomic mass is 10.0. The van der Waals surface area contributed by atoms with E-state index in [2.05, 4.69) is 83.3 Å². The minimum Gasteiger partial charge on any atom is -0.355 e. The van der Waals surface area contributed by atoms with Crippen LogP contribution in [0.25, 0.3) is 51.9 Å². The summed E-state index contributed by atoms with van der Waals surface area (Å²) < 4.78 is 0. The first-order valence-electron chi connectivity index (χ1n) is 10.5. The predicted molar refractivity (Wildman–Crippen MR) is 133 cm³/mol. The SMILES string of the molecule is C=Cc1ccc(C2=Cc3cc4ccc(cc5ccc(cc6nc(cc2n3)C=C6)[nH]5)[nH]4)cc1. The number of H-pyrrole nitrogens is 2. The van der Waals surface area contributed by atoms with Gasteiger partial charge in [-0.25, -0.2) is 9.97 Å². The fraction of sp³-hybridized carbons (Fsp3) is 0. The van der Waals surface area contributed by atoms with Crippen molar-refractivity contribution in [3.8, 4) is 0 Å². The van der Waals surface area contributed by atoms with Crippen molar-refractivity contribution in [2.45, 2.75) is 0 Å². The molecule has 32 heavy (non-hydrogen) atoms. The number of hydrogen-bond donors (Lipinski definition) is 2. The highest BCUT2D eigenvalue weighted by atomic mass is 14.8. The predicted octanol–water partition coefficient (Wildman–Crippen LogP) is 6.72. The molecule has 0 spiro atoms. The van der Waals surface area contributed by atoms with Gasteiger partial charge in [0.05, 0.1) is 22.8 Å². The Bertz CT molecular complexity index is 1580. The van der Waals surface area contributed by atoms with Crippen LogP contribution in [0.3, 0.4) is 0 Å². The molecular weight excluding hydrogens is 392 g/mol. The van der Waals surface area contributed by atoms with Gasteiger partial charge in [-0.15, -0.1) is 0 Å². The van der Waals surface area contributed by atoms with Crippen molar-refractivity contribution >= 4 is 51.9 Å². The van der Waals surface area contributed by atoms with E-state index >= 15 is 0 Å². The van der Waals surface area contributed by atoms with Gasteiger partial charge in [0.15, 0.2) is 0 Å². The number of fused-ring (bicyclic) bond motifs is 8. The van der Waals surface area contributed by atoms with E-state index in [-0.39, 0.29) is 0 Å². The summed E-state index contributed by atoms with van der Waals surface area (Å²) in [5, 5.41) is 0. The summed E-state index contributed by atoms with van der Waals surface area (Å²) in [5.74, 6) is 0. The van der Waals surface area contributed by atoms with E-state index in [1.54, 1.807) is 0 Å². The molecule has 2 N–H and O–H groups in total. The van der Waals surface area contributed by atoms with Gasteiger partial charge in [0.25, 0.3) is 0 Å². The van der Waals surface area contributed by atoms with Crippen LogP contribution in [0.1, 0.15) is 33.9 Å². The van der Waals surface area contributed by atoms with Crippen molar-refractivity contribution in [3.63, 3.8) is 0 Å². The van der Waals surface area contributed by atoms with Gasteiger partial charge in [0, 0.05) is 27.6 Å². The lowest BCUT2D eigenvalue weighted by Crippen LogP contribution is -1.86. The first kappa shape index (κ1) is 18.3. The number of benzene rings is 1. The molecule has 0 amide bonds. The van der Waals surface area contributed by atoms with E-state index in [1.165, 1.54) is 0 Å². The molecule has 0 atom stereocenters. The van der Waals surface area contributed by atoms with Crippen LogP contribution in [-0.4, -0.2) is 19.9 Å². The van der Waals surface area contributed by atoms with Crippen LogP contribution in [0.2, 0.25) is 0 Å². The zero-order valence-electron chi connectivity index (χ0n) is 17.3. The third kappa shape index (κ3) is 3.48. The van der Waals surface area contributed by atoms with Crippen LogP contribution in [0.5, 0.6) is 0 Å². The largest absolute Gasteiger partial charge is 0.355 e. The van der Waals surface area contributed by atoms with Crippen LogP contribution in [0, 0.1) is 0 Å². The minimum absolute atomic E-state index is 0.887. The van der Waals surface area contributed by atoms with Gasteiger partial charge in [0.2, 0.25) is 0 Å². The highest BCUT2D eigenvalue weighted by Gasteiger charge is 2.13. The lowest BCUT2D eigenvalue weighted by Gasteiger charge is -2.03. The number of aromatic nitrogens is 4. The Morgan fingerprint density at radius 3 is 1.88 bits per heavy atom. The molecule has 4 heteroatoms. The third-order valence-corrected chi connectivity index (χ3v) is 5.62. The van der Waals surface area contributed by atoms with Crippen LogP contribution < -0.4 is 0 Å². The molecule has 0 fully saturated rings. The number of rotatable bonds is 2. The quantitative estimate of drug-likeness (QED) is 0.332. The van der Waals surface area contributed by atoms with Gasteiger partial charge in [-0.2, -0.15) is 0 Å². The molecule has 0 unspecified atom stereocenters. The Kier molecular flexibility index (Phi) is 4.22. The van der Waals surface area contributed by atoms with Gasteiger partial charge in [-0.3, -0.25) is 0 Å². The van der Waals surface area contributed by atoms with Crippen molar-refractivity contribution in [1.29, 1.82) is 0 Å². The molecule has 5 heterocycles. The average Bonchev–Trinajstić information content (AvgIpc) is 3.59. The first-order valence-corrected chi connectivity index (χ1v) is 10.5. The second kappa shape index (κ2) is 7.36. The first-order chi connectivity index (χ1) is 15.7. The topological polar surface area (TPSA) is 57.4 Å². The molecule has 2 aliphatic rings. The average molecular weight is 412 g/mol. The molecule has 0 radical (unpaired) electrons. The van der Waals surface area contributed by atoms with Crippen molar-refractivity contribution in [2.24, 2.45) is 0 Å². The fourth-order valence-corrected chi connectivity index (χ4v) is 4.04. The minimum atomic E-state index is 0.887. The van der Waals surface area contributed by atoms with E-state index in [1.807, 2.05) is 30.4 Å². The number of aromatic amines is 2. The summed E-state index contributed by atoms with van der Waals surface area (Å²) in [6.45, 7) is 3.85. The van der Waals surface area contributed by atoms with Crippen LogP contribution >= 0.6 is 0 Å². The van der Waals surface area contributed by atoms with E-state index in [0.29, 0.717) is 0 Å². The molecule has 4 nitrogen and oxygen atoms in total. The van der Waals surface area contributed by atoms with Crippen LogP contribution in [0.15, 0.2) is 79.4 Å². The molecule has 2 aliphatic heterocycles. The maximum Gasteiger partial charge on any atom is 0.0737 e. The van der Waals surface area contributed by atoms with Gasteiger partial charge in [0.1, 0.15) is 0 Å². The molecule has 6 rings (SSSR count). The van der Waals surface area contributed by atoms with Crippen molar-refractivity contribution in [1.82, 2.24) is 19.9 Å². The molecule has 1 aromatic carbocycles. The lowest BCUT2D eigenvalue weighted by molar-refractivity contribution is 1.27. The third-order valence-electron chi connectivity index (χ3n) is 5.62. The van der Waals surface area contributed by atoms with E-state index < -0.39 is 0 Å². The monoisotopic (exact) mass is 412 g/mol. The maximum absolute atomic E-state index is 4.92. The number of nitrogens with zero attached hydrogens (tertiary/aromatic N) is 2. The van der Waals surface area contributed by atoms with Gasteiger partial charge < -0.3 is 9.97 Å². The van der Waals surface area contributed by atoms with E-state index in [9.17, 15) is 0 Å². The molecule has 0 saturated heterocycles. The summed E-state index contributed by atoms with van der Waals surface area (Å²) in [7, 11) is 0. The van der Waals surface area contributed by atoms with E-state index in [0.717, 1.165) is 61.5 Å². The molecular formula is C28H20N4. The Labute approximate surface area is 185 Å². The standard InChI is InChI=1S/C28H20N4/c1-2-18-3-5-19(6-4-18)27-16-26-15-24-10-9-22(30-24)13-20-7-8-21(29-20)14-23-11-12-25(31-23)17-28(27)32-26/h2-17,29-30H,1H2. The Hall–Kier alpha value is -4.44. The maximum atomic E-state index is 4.92. The van der Waals surface area contributed by atoms with Gasteiger partial charge in [-0.05, 0) is 77.9 Å². The summed E-state index contributed by atoms with van der Waals surface area (Å²) >= 11 is 0. The van der Waals surface area contributed by atoms with Crippen molar-refractivity contribution in [2.75, 3.05) is 0 Å². The highest BCUT2D eigenvalue weighted by molar-refractivity contribution is 5.93. The zero-order chi connectivity index (χ0) is 21.5.